The lowest BCUT2D eigenvalue weighted by Gasteiger charge is -2.42. The summed E-state index contributed by atoms with van der Waals surface area (Å²) in [5.74, 6) is 0. The van der Waals surface area contributed by atoms with Crippen LogP contribution in [0.15, 0.2) is 12.2 Å². The zero-order valence-electron chi connectivity index (χ0n) is 7.68. The summed E-state index contributed by atoms with van der Waals surface area (Å²) in [6.07, 6.45) is 8.46. The van der Waals surface area contributed by atoms with Crippen molar-refractivity contribution in [3.8, 4) is 0 Å². The van der Waals surface area contributed by atoms with Crippen molar-refractivity contribution in [2.75, 3.05) is 13.1 Å². The van der Waals surface area contributed by atoms with E-state index in [0.29, 0.717) is 6.10 Å². The Morgan fingerprint density at radius 1 is 1.42 bits per heavy atom. The molecule has 12 heavy (non-hydrogen) atoms. The number of nitrogens with one attached hydrogen (secondary N) is 1. The first-order valence-electron chi connectivity index (χ1n) is 4.82. The smallest absolute Gasteiger partial charge is 0.0905 e. The van der Waals surface area contributed by atoms with Crippen molar-refractivity contribution in [3.63, 3.8) is 0 Å². The fourth-order valence-corrected chi connectivity index (χ4v) is 1.84. The molecule has 1 heterocycles. The average molecular weight is 167 g/mol. The molecule has 0 aromatic heterocycles. The highest BCUT2D eigenvalue weighted by Crippen LogP contribution is 2.23. The molecule has 2 nitrogen and oxygen atoms in total. The van der Waals surface area contributed by atoms with E-state index in [1.807, 2.05) is 0 Å². The third-order valence-electron chi connectivity index (χ3n) is 2.67. The van der Waals surface area contributed by atoms with Gasteiger partial charge < -0.3 is 10.1 Å². The maximum atomic E-state index is 6.00. The number of ether oxygens (including phenoxy) is 1. The third kappa shape index (κ3) is 1.70. The van der Waals surface area contributed by atoms with Crippen LogP contribution in [0.4, 0.5) is 0 Å². The Hall–Kier alpha value is -0.340. The van der Waals surface area contributed by atoms with E-state index in [2.05, 4.69) is 24.4 Å². The van der Waals surface area contributed by atoms with Crippen LogP contribution in [-0.2, 0) is 4.74 Å². The van der Waals surface area contributed by atoms with Gasteiger partial charge in [-0.3, -0.25) is 0 Å². The standard InChI is InChI=1S/C10H17NO/c1-10(7-11-8-10)12-9-5-3-2-4-6-9/h2-3,9,11H,4-8H2,1H3. The largest absolute Gasteiger partial charge is 0.369 e. The van der Waals surface area contributed by atoms with Gasteiger partial charge in [0, 0.05) is 13.1 Å². The number of hydrogen-bond acceptors (Lipinski definition) is 2. The van der Waals surface area contributed by atoms with Crippen LogP contribution in [0.25, 0.3) is 0 Å². The quantitative estimate of drug-likeness (QED) is 0.629. The Labute approximate surface area is 74.0 Å². The molecule has 1 saturated heterocycles. The lowest BCUT2D eigenvalue weighted by molar-refractivity contribution is -0.112. The number of rotatable bonds is 2. The van der Waals surface area contributed by atoms with Gasteiger partial charge in [-0.05, 0) is 26.2 Å². The van der Waals surface area contributed by atoms with Crippen molar-refractivity contribution >= 4 is 0 Å². The van der Waals surface area contributed by atoms with E-state index in [1.54, 1.807) is 0 Å². The van der Waals surface area contributed by atoms with Gasteiger partial charge in [0.15, 0.2) is 0 Å². The highest BCUT2D eigenvalue weighted by molar-refractivity contribution is 4.95. The minimum Gasteiger partial charge on any atom is -0.369 e. The van der Waals surface area contributed by atoms with E-state index in [0.717, 1.165) is 19.5 Å². The first-order valence-corrected chi connectivity index (χ1v) is 4.82. The molecule has 0 radical (unpaired) electrons. The van der Waals surface area contributed by atoms with E-state index >= 15 is 0 Å². The summed E-state index contributed by atoms with van der Waals surface area (Å²) in [7, 11) is 0. The highest BCUT2D eigenvalue weighted by atomic mass is 16.5. The van der Waals surface area contributed by atoms with Gasteiger partial charge in [0.2, 0.25) is 0 Å². The maximum Gasteiger partial charge on any atom is 0.0905 e. The summed E-state index contributed by atoms with van der Waals surface area (Å²) in [6, 6.07) is 0. The van der Waals surface area contributed by atoms with E-state index < -0.39 is 0 Å². The van der Waals surface area contributed by atoms with Gasteiger partial charge in [0.1, 0.15) is 0 Å². The van der Waals surface area contributed by atoms with Crippen molar-refractivity contribution < 1.29 is 4.74 Å². The molecule has 1 unspecified atom stereocenters. The van der Waals surface area contributed by atoms with Crippen LogP contribution in [0.5, 0.6) is 0 Å². The third-order valence-corrected chi connectivity index (χ3v) is 2.67. The van der Waals surface area contributed by atoms with Gasteiger partial charge in [0.05, 0.1) is 11.7 Å². The van der Waals surface area contributed by atoms with Gasteiger partial charge in [0.25, 0.3) is 0 Å². The minimum absolute atomic E-state index is 0.135. The summed E-state index contributed by atoms with van der Waals surface area (Å²) in [5.41, 5.74) is 0.135. The molecule has 2 heteroatoms. The van der Waals surface area contributed by atoms with Gasteiger partial charge in [-0.2, -0.15) is 0 Å². The lowest BCUT2D eigenvalue weighted by Crippen LogP contribution is -2.60. The molecule has 68 valence electrons. The van der Waals surface area contributed by atoms with Gasteiger partial charge >= 0.3 is 0 Å². The van der Waals surface area contributed by atoms with Crippen LogP contribution in [0.2, 0.25) is 0 Å². The van der Waals surface area contributed by atoms with Crippen LogP contribution in [0.3, 0.4) is 0 Å². The summed E-state index contributed by atoms with van der Waals surface area (Å²) in [4.78, 5) is 0. The van der Waals surface area contributed by atoms with E-state index in [9.17, 15) is 0 Å². The Morgan fingerprint density at radius 3 is 2.75 bits per heavy atom. The van der Waals surface area contributed by atoms with Crippen LogP contribution < -0.4 is 5.32 Å². The molecule has 0 spiro atoms. The van der Waals surface area contributed by atoms with Crippen molar-refractivity contribution in [2.24, 2.45) is 0 Å². The zero-order chi connectivity index (χ0) is 8.44. The predicted molar refractivity (Wildman–Crippen MR) is 49.1 cm³/mol. The monoisotopic (exact) mass is 167 g/mol. The molecule has 0 aromatic rings. The molecular formula is C10H17NO. The van der Waals surface area contributed by atoms with Crippen molar-refractivity contribution in [3.05, 3.63) is 12.2 Å². The van der Waals surface area contributed by atoms with Crippen molar-refractivity contribution in [1.82, 2.24) is 5.32 Å². The summed E-state index contributed by atoms with van der Waals surface area (Å²) < 4.78 is 6.00. The predicted octanol–water partition coefficient (Wildman–Crippen LogP) is 1.47. The minimum atomic E-state index is 0.135. The SMILES string of the molecule is CC1(OC2CC=CCC2)CNC1. The second-order valence-electron chi connectivity index (χ2n) is 4.08. The fraction of sp³-hybridized carbons (Fsp3) is 0.800. The average Bonchev–Trinajstić information content (AvgIpc) is 2.04. The molecule has 1 aliphatic carbocycles. The molecular weight excluding hydrogens is 150 g/mol. The molecule has 1 N–H and O–H groups in total. The van der Waals surface area contributed by atoms with Crippen LogP contribution in [0, 0.1) is 0 Å². The number of allylic oxidation sites excluding steroid dienone is 1. The summed E-state index contributed by atoms with van der Waals surface area (Å²) in [6.45, 7) is 4.24. The molecule has 0 bridgehead atoms. The second kappa shape index (κ2) is 3.19. The van der Waals surface area contributed by atoms with Gasteiger partial charge in [-0.25, -0.2) is 0 Å². The fourth-order valence-electron chi connectivity index (χ4n) is 1.84. The normalized spacial score (nSPS) is 32.9. The number of hydrogen-bond donors (Lipinski definition) is 1. The molecule has 1 fully saturated rings. The molecule has 0 aromatic carbocycles. The van der Waals surface area contributed by atoms with Gasteiger partial charge in [-0.1, -0.05) is 12.2 Å². The van der Waals surface area contributed by atoms with Crippen molar-refractivity contribution in [2.45, 2.75) is 37.9 Å². The summed E-state index contributed by atoms with van der Waals surface area (Å²) >= 11 is 0. The topological polar surface area (TPSA) is 21.3 Å². The second-order valence-corrected chi connectivity index (χ2v) is 4.08. The van der Waals surface area contributed by atoms with E-state index in [1.165, 1.54) is 12.8 Å². The zero-order valence-corrected chi connectivity index (χ0v) is 7.68. The lowest BCUT2D eigenvalue weighted by atomic mass is 9.97. The Bertz CT molecular complexity index is 184. The Balaban J connectivity index is 1.81. The Kier molecular flexibility index (Phi) is 2.20. The first kappa shape index (κ1) is 8.27. The van der Waals surface area contributed by atoms with Crippen LogP contribution in [0.1, 0.15) is 26.2 Å². The van der Waals surface area contributed by atoms with Crippen LogP contribution >= 0.6 is 0 Å². The highest BCUT2D eigenvalue weighted by Gasteiger charge is 2.34. The van der Waals surface area contributed by atoms with E-state index in [4.69, 9.17) is 4.74 Å². The summed E-state index contributed by atoms with van der Waals surface area (Å²) in [5, 5.41) is 3.25. The van der Waals surface area contributed by atoms with Gasteiger partial charge in [-0.15, -0.1) is 0 Å². The molecule has 1 atom stereocenters. The maximum absolute atomic E-state index is 6.00. The molecule has 2 rings (SSSR count). The Morgan fingerprint density at radius 2 is 2.25 bits per heavy atom. The van der Waals surface area contributed by atoms with Crippen LogP contribution in [-0.4, -0.2) is 24.8 Å². The first-order chi connectivity index (χ1) is 5.79. The molecule has 2 aliphatic rings. The molecule has 0 amide bonds. The molecule has 0 saturated carbocycles. The van der Waals surface area contributed by atoms with Crippen molar-refractivity contribution in [1.29, 1.82) is 0 Å². The molecule has 1 aliphatic heterocycles. The van der Waals surface area contributed by atoms with E-state index in [-0.39, 0.29) is 5.60 Å².